The molecule has 1 aliphatic carbocycles. The summed E-state index contributed by atoms with van der Waals surface area (Å²) < 4.78 is 0. The van der Waals surface area contributed by atoms with E-state index >= 15 is 0 Å². The maximum absolute atomic E-state index is 13.8. The Morgan fingerprint density at radius 3 is 1.97 bits per heavy atom. The summed E-state index contributed by atoms with van der Waals surface area (Å²) in [5, 5.41) is 0. The SMILES string of the molecule is CCc1ccc(C2(N3CCN(Cc4ccccc4)CC3)C(=O)c3ccccc3C2=O)nc1. The Balaban J connectivity index is 1.48. The first-order valence-electron chi connectivity index (χ1n) is 11.3. The highest BCUT2D eigenvalue weighted by molar-refractivity contribution is 6.32. The van der Waals surface area contributed by atoms with E-state index in [4.69, 9.17) is 0 Å². The summed E-state index contributed by atoms with van der Waals surface area (Å²) in [5.41, 5.74) is 2.54. The van der Waals surface area contributed by atoms with E-state index in [1.165, 1.54) is 5.56 Å². The van der Waals surface area contributed by atoms with Gasteiger partial charge >= 0.3 is 0 Å². The first-order valence-corrected chi connectivity index (χ1v) is 11.3. The minimum Gasteiger partial charge on any atom is -0.297 e. The van der Waals surface area contributed by atoms with Crippen LogP contribution in [0.3, 0.4) is 0 Å². The number of benzene rings is 2. The van der Waals surface area contributed by atoms with Crippen LogP contribution in [0.1, 0.15) is 44.5 Å². The van der Waals surface area contributed by atoms with E-state index in [-0.39, 0.29) is 11.6 Å². The lowest BCUT2D eigenvalue weighted by molar-refractivity contribution is 0.0266. The molecule has 0 unspecified atom stereocenters. The average molecular weight is 426 g/mol. The third kappa shape index (κ3) is 3.29. The molecule has 3 aromatic rings. The fraction of sp³-hybridized carbons (Fsp3) is 0.296. The van der Waals surface area contributed by atoms with Crippen molar-refractivity contribution in [3.05, 3.63) is 101 Å². The Hall–Kier alpha value is -3.15. The van der Waals surface area contributed by atoms with E-state index < -0.39 is 5.54 Å². The summed E-state index contributed by atoms with van der Waals surface area (Å²) >= 11 is 0. The van der Waals surface area contributed by atoms with Gasteiger partial charge in [0.1, 0.15) is 0 Å². The van der Waals surface area contributed by atoms with Crippen molar-refractivity contribution in [3.8, 4) is 0 Å². The van der Waals surface area contributed by atoms with Crippen molar-refractivity contribution in [3.63, 3.8) is 0 Å². The Morgan fingerprint density at radius 1 is 0.781 bits per heavy atom. The third-order valence-electron chi connectivity index (χ3n) is 6.77. The van der Waals surface area contributed by atoms with Gasteiger partial charge in [0.05, 0.1) is 5.69 Å². The van der Waals surface area contributed by atoms with Gasteiger partial charge in [-0.15, -0.1) is 0 Å². The Bertz CT molecular complexity index is 1100. The van der Waals surface area contributed by atoms with Gasteiger partial charge in [-0.2, -0.15) is 0 Å². The van der Waals surface area contributed by atoms with Crippen molar-refractivity contribution < 1.29 is 9.59 Å². The summed E-state index contributed by atoms with van der Waals surface area (Å²) in [6.07, 6.45) is 2.66. The number of hydrogen-bond acceptors (Lipinski definition) is 5. The van der Waals surface area contributed by atoms with Gasteiger partial charge < -0.3 is 0 Å². The Labute approximate surface area is 188 Å². The molecule has 0 atom stereocenters. The van der Waals surface area contributed by atoms with Crippen molar-refractivity contribution >= 4 is 11.6 Å². The van der Waals surface area contributed by atoms with Crippen LogP contribution in [0.5, 0.6) is 0 Å². The van der Waals surface area contributed by atoms with Crippen molar-refractivity contribution in [2.24, 2.45) is 0 Å². The second kappa shape index (κ2) is 8.41. The average Bonchev–Trinajstić information content (AvgIpc) is 3.08. The van der Waals surface area contributed by atoms with Gasteiger partial charge in [-0.05, 0) is 23.6 Å². The highest BCUT2D eigenvalue weighted by Gasteiger charge is 2.59. The fourth-order valence-corrected chi connectivity index (χ4v) is 4.98. The van der Waals surface area contributed by atoms with E-state index in [0.717, 1.165) is 31.6 Å². The van der Waals surface area contributed by atoms with Crippen LogP contribution in [-0.2, 0) is 18.5 Å². The smallest absolute Gasteiger partial charge is 0.198 e. The maximum atomic E-state index is 13.8. The Morgan fingerprint density at radius 2 is 1.41 bits per heavy atom. The van der Waals surface area contributed by atoms with Crippen LogP contribution in [0.4, 0.5) is 0 Å². The molecule has 5 rings (SSSR count). The lowest BCUT2D eigenvalue weighted by atomic mass is 9.85. The standard InChI is InChI=1S/C27H27N3O2/c1-2-20-12-13-24(28-18-20)27(25(31)22-10-6-7-11-23(22)26(27)32)30-16-14-29(15-17-30)19-21-8-4-3-5-9-21/h3-13,18H,2,14-17,19H2,1H3. The number of hydrogen-bond donors (Lipinski definition) is 0. The maximum Gasteiger partial charge on any atom is 0.198 e. The molecule has 32 heavy (non-hydrogen) atoms. The molecule has 1 fully saturated rings. The number of nitrogens with zero attached hydrogens (tertiary/aromatic N) is 3. The topological polar surface area (TPSA) is 53.5 Å². The fourth-order valence-electron chi connectivity index (χ4n) is 4.98. The molecular weight excluding hydrogens is 398 g/mol. The van der Waals surface area contributed by atoms with Gasteiger partial charge in [0.2, 0.25) is 0 Å². The number of rotatable bonds is 5. The molecular formula is C27H27N3O2. The first-order chi connectivity index (χ1) is 15.6. The number of pyridine rings is 1. The van der Waals surface area contributed by atoms with Crippen molar-refractivity contribution in [2.75, 3.05) is 26.2 Å². The number of Topliss-reactive ketones (excluding diaryl/α,β-unsaturated/α-hetero) is 2. The molecule has 2 heterocycles. The van der Waals surface area contributed by atoms with E-state index in [1.807, 2.05) is 30.3 Å². The molecule has 0 N–H and O–H groups in total. The van der Waals surface area contributed by atoms with Crippen LogP contribution in [0.2, 0.25) is 0 Å². The molecule has 5 heteroatoms. The van der Waals surface area contributed by atoms with Crippen LogP contribution < -0.4 is 0 Å². The monoisotopic (exact) mass is 425 g/mol. The molecule has 0 amide bonds. The number of carbonyl (C=O) groups is 2. The van der Waals surface area contributed by atoms with Crippen LogP contribution in [0.25, 0.3) is 0 Å². The number of carbonyl (C=O) groups excluding carboxylic acids is 2. The van der Waals surface area contributed by atoms with Crippen LogP contribution in [0, 0.1) is 0 Å². The zero-order chi connectivity index (χ0) is 22.1. The largest absolute Gasteiger partial charge is 0.297 e. The van der Waals surface area contributed by atoms with Crippen LogP contribution in [0.15, 0.2) is 72.9 Å². The van der Waals surface area contributed by atoms with Crippen molar-refractivity contribution in [1.82, 2.24) is 14.8 Å². The molecule has 5 nitrogen and oxygen atoms in total. The highest BCUT2D eigenvalue weighted by Crippen LogP contribution is 2.42. The predicted octanol–water partition coefficient (Wildman–Crippen LogP) is 3.74. The van der Waals surface area contributed by atoms with Crippen molar-refractivity contribution in [1.29, 1.82) is 0 Å². The van der Waals surface area contributed by atoms with Gasteiger partial charge in [0, 0.05) is 50.0 Å². The minimum atomic E-state index is -1.37. The lowest BCUT2D eigenvalue weighted by Gasteiger charge is -2.43. The number of aryl methyl sites for hydroxylation is 1. The van der Waals surface area contributed by atoms with Gasteiger partial charge in [0.25, 0.3) is 0 Å². The Kier molecular flexibility index (Phi) is 5.45. The lowest BCUT2D eigenvalue weighted by Crippen LogP contribution is -2.60. The predicted molar refractivity (Wildman–Crippen MR) is 124 cm³/mol. The second-order valence-corrected chi connectivity index (χ2v) is 8.57. The van der Waals surface area contributed by atoms with Crippen LogP contribution in [-0.4, -0.2) is 52.5 Å². The molecule has 1 aromatic heterocycles. The molecule has 0 radical (unpaired) electrons. The van der Waals surface area contributed by atoms with E-state index in [1.54, 1.807) is 18.3 Å². The summed E-state index contributed by atoms with van der Waals surface area (Å²) in [4.78, 5) is 36.8. The molecule has 2 aromatic carbocycles. The molecule has 2 aliphatic rings. The van der Waals surface area contributed by atoms with Gasteiger partial charge in [-0.1, -0.05) is 67.6 Å². The summed E-state index contributed by atoms with van der Waals surface area (Å²) in [7, 11) is 0. The van der Waals surface area contributed by atoms with Crippen molar-refractivity contribution in [2.45, 2.75) is 25.4 Å². The second-order valence-electron chi connectivity index (χ2n) is 8.57. The molecule has 0 saturated carbocycles. The number of ketones is 2. The number of fused-ring (bicyclic) bond motifs is 1. The quantitative estimate of drug-likeness (QED) is 0.583. The zero-order valence-electron chi connectivity index (χ0n) is 18.3. The van der Waals surface area contributed by atoms with E-state index in [0.29, 0.717) is 29.9 Å². The normalized spacial score (nSPS) is 18.7. The molecule has 1 saturated heterocycles. The number of piperazine rings is 1. The van der Waals surface area contributed by atoms with Gasteiger partial charge in [-0.25, -0.2) is 0 Å². The van der Waals surface area contributed by atoms with Gasteiger partial charge in [0.15, 0.2) is 17.1 Å². The van der Waals surface area contributed by atoms with Crippen LogP contribution >= 0.6 is 0 Å². The first kappa shape index (κ1) is 20.7. The highest BCUT2D eigenvalue weighted by atomic mass is 16.2. The summed E-state index contributed by atoms with van der Waals surface area (Å²) in [5.74, 6) is -0.294. The summed E-state index contributed by atoms with van der Waals surface area (Å²) in [6, 6.07) is 21.4. The molecule has 1 aliphatic heterocycles. The minimum absolute atomic E-state index is 0.147. The van der Waals surface area contributed by atoms with Gasteiger partial charge in [-0.3, -0.25) is 24.4 Å². The number of aromatic nitrogens is 1. The third-order valence-corrected chi connectivity index (χ3v) is 6.77. The summed E-state index contributed by atoms with van der Waals surface area (Å²) in [6.45, 7) is 5.79. The van der Waals surface area contributed by atoms with E-state index in [9.17, 15) is 9.59 Å². The van der Waals surface area contributed by atoms with E-state index in [2.05, 4.69) is 46.0 Å². The molecule has 0 spiro atoms. The zero-order valence-corrected chi connectivity index (χ0v) is 18.3. The molecule has 0 bridgehead atoms. The molecule has 162 valence electrons.